The van der Waals surface area contributed by atoms with Crippen LogP contribution in [-0.2, 0) is 9.59 Å². The van der Waals surface area contributed by atoms with E-state index in [1.807, 2.05) is 44.4 Å². The van der Waals surface area contributed by atoms with Gasteiger partial charge in [0.15, 0.2) is 0 Å². The Hall–Kier alpha value is -1.68. The van der Waals surface area contributed by atoms with Gasteiger partial charge >= 0.3 is 0 Å². The molecule has 1 atom stereocenters. The van der Waals surface area contributed by atoms with Crippen LogP contribution < -0.4 is 0 Å². The first-order valence-corrected chi connectivity index (χ1v) is 6.63. The van der Waals surface area contributed by atoms with Crippen molar-refractivity contribution in [3.63, 3.8) is 0 Å². The third-order valence-electron chi connectivity index (χ3n) is 3.43. The molecule has 0 bridgehead atoms. The highest BCUT2D eigenvalue weighted by molar-refractivity contribution is 6.06. The van der Waals surface area contributed by atoms with Gasteiger partial charge in [0, 0.05) is 13.0 Å². The van der Waals surface area contributed by atoms with Gasteiger partial charge < -0.3 is 4.90 Å². The molecule has 1 heterocycles. The maximum Gasteiger partial charge on any atom is 0.237 e. The highest BCUT2D eigenvalue weighted by atomic mass is 16.2. The number of rotatable bonds is 5. The summed E-state index contributed by atoms with van der Waals surface area (Å²) in [5.41, 5.74) is 0.941. The first-order valence-electron chi connectivity index (χ1n) is 6.63. The summed E-state index contributed by atoms with van der Waals surface area (Å²) in [6.45, 7) is 1.41. The standard InChI is InChI=1S/C15H20N2O2/c1-16(2)9-6-10-17-14(18)11-13(15(17)19)12-7-4-3-5-8-12/h3-5,7-8,13H,6,9-11H2,1-2H3. The third-order valence-corrected chi connectivity index (χ3v) is 3.43. The van der Waals surface area contributed by atoms with Crippen LogP contribution in [0.4, 0.5) is 0 Å². The van der Waals surface area contributed by atoms with Crippen LogP contribution in [0, 0.1) is 0 Å². The Morgan fingerprint density at radius 3 is 2.53 bits per heavy atom. The van der Waals surface area contributed by atoms with Gasteiger partial charge in [0.05, 0.1) is 5.92 Å². The van der Waals surface area contributed by atoms with E-state index in [4.69, 9.17) is 0 Å². The molecule has 1 fully saturated rings. The number of carbonyl (C=O) groups is 2. The number of hydrogen-bond acceptors (Lipinski definition) is 3. The van der Waals surface area contributed by atoms with Crippen molar-refractivity contribution in [1.82, 2.24) is 9.80 Å². The molecule has 102 valence electrons. The topological polar surface area (TPSA) is 40.6 Å². The van der Waals surface area contributed by atoms with E-state index in [1.54, 1.807) is 0 Å². The first kappa shape index (κ1) is 13.7. The molecule has 2 rings (SSSR count). The average Bonchev–Trinajstić information content (AvgIpc) is 2.67. The van der Waals surface area contributed by atoms with Crippen molar-refractivity contribution >= 4 is 11.8 Å². The summed E-state index contributed by atoms with van der Waals surface area (Å²) in [5, 5.41) is 0. The fourth-order valence-corrected chi connectivity index (χ4v) is 2.41. The van der Waals surface area contributed by atoms with Crippen LogP contribution in [0.15, 0.2) is 30.3 Å². The van der Waals surface area contributed by atoms with Crippen molar-refractivity contribution in [2.75, 3.05) is 27.2 Å². The molecule has 19 heavy (non-hydrogen) atoms. The summed E-state index contributed by atoms with van der Waals surface area (Å²) < 4.78 is 0. The Kier molecular flexibility index (Phi) is 4.32. The second-order valence-electron chi connectivity index (χ2n) is 5.21. The second kappa shape index (κ2) is 5.97. The van der Waals surface area contributed by atoms with Gasteiger partial charge in [-0.3, -0.25) is 14.5 Å². The molecule has 0 saturated carbocycles. The van der Waals surface area contributed by atoms with Crippen LogP contribution in [-0.4, -0.2) is 48.8 Å². The van der Waals surface area contributed by atoms with Crippen LogP contribution in [0.3, 0.4) is 0 Å². The summed E-state index contributed by atoms with van der Waals surface area (Å²) in [7, 11) is 3.97. The van der Waals surface area contributed by atoms with Gasteiger partial charge in [0.2, 0.25) is 11.8 Å². The summed E-state index contributed by atoms with van der Waals surface area (Å²) in [5.74, 6) is -0.374. The number of carbonyl (C=O) groups excluding carboxylic acids is 2. The minimum atomic E-state index is -0.284. The Morgan fingerprint density at radius 2 is 1.89 bits per heavy atom. The molecule has 1 aliphatic rings. The fraction of sp³-hybridized carbons (Fsp3) is 0.467. The zero-order valence-corrected chi connectivity index (χ0v) is 11.5. The van der Waals surface area contributed by atoms with Crippen LogP contribution in [0.5, 0.6) is 0 Å². The fourth-order valence-electron chi connectivity index (χ4n) is 2.41. The van der Waals surface area contributed by atoms with Crippen molar-refractivity contribution in [1.29, 1.82) is 0 Å². The van der Waals surface area contributed by atoms with Crippen LogP contribution in [0.2, 0.25) is 0 Å². The maximum atomic E-state index is 12.3. The SMILES string of the molecule is CN(C)CCCN1C(=O)CC(c2ccccc2)C1=O. The van der Waals surface area contributed by atoms with Gasteiger partial charge in [-0.15, -0.1) is 0 Å². The van der Waals surface area contributed by atoms with Crippen molar-refractivity contribution in [3.05, 3.63) is 35.9 Å². The van der Waals surface area contributed by atoms with E-state index in [-0.39, 0.29) is 17.7 Å². The van der Waals surface area contributed by atoms with Crippen molar-refractivity contribution in [2.24, 2.45) is 0 Å². The molecule has 2 amide bonds. The van der Waals surface area contributed by atoms with Gasteiger partial charge in [0.25, 0.3) is 0 Å². The highest BCUT2D eigenvalue weighted by Crippen LogP contribution is 2.29. The normalized spacial score (nSPS) is 19.5. The molecule has 0 radical (unpaired) electrons. The number of hydrogen-bond donors (Lipinski definition) is 0. The predicted octanol–water partition coefficient (Wildman–Crippen LogP) is 1.48. The van der Waals surface area contributed by atoms with E-state index < -0.39 is 0 Å². The van der Waals surface area contributed by atoms with Gasteiger partial charge in [0.1, 0.15) is 0 Å². The molecule has 1 aromatic carbocycles. The number of imide groups is 1. The lowest BCUT2D eigenvalue weighted by atomic mass is 9.98. The van der Waals surface area contributed by atoms with Crippen molar-refractivity contribution in [2.45, 2.75) is 18.8 Å². The Bertz CT molecular complexity index is 456. The molecule has 1 aromatic rings. The lowest BCUT2D eigenvalue weighted by Crippen LogP contribution is -2.32. The smallest absolute Gasteiger partial charge is 0.237 e. The average molecular weight is 260 g/mol. The second-order valence-corrected chi connectivity index (χ2v) is 5.21. The van der Waals surface area contributed by atoms with Crippen molar-refractivity contribution in [3.8, 4) is 0 Å². The van der Waals surface area contributed by atoms with E-state index in [1.165, 1.54) is 4.90 Å². The summed E-state index contributed by atoms with van der Waals surface area (Å²) in [6, 6.07) is 9.56. The number of amides is 2. The molecule has 1 aliphatic heterocycles. The lowest BCUT2D eigenvalue weighted by Gasteiger charge is -2.16. The molecule has 4 heteroatoms. The summed E-state index contributed by atoms with van der Waals surface area (Å²) in [4.78, 5) is 27.7. The molecule has 0 spiro atoms. The minimum Gasteiger partial charge on any atom is -0.309 e. The number of benzene rings is 1. The monoisotopic (exact) mass is 260 g/mol. The molecular formula is C15H20N2O2. The summed E-state index contributed by atoms with van der Waals surface area (Å²) in [6.07, 6.45) is 1.14. The van der Waals surface area contributed by atoms with Crippen molar-refractivity contribution < 1.29 is 9.59 Å². The van der Waals surface area contributed by atoms with E-state index in [9.17, 15) is 9.59 Å². The third kappa shape index (κ3) is 3.20. The Labute approximate surface area is 114 Å². The molecule has 0 aromatic heterocycles. The van der Waals surface area contributed by atoms with Gasteiger partial charge in [-0.05, 0) is 32.6 Å². The zero-order chi connectivity index (χ0) is 13.8. The van der Waals surface area contributed by atoms with E-state index in [2.05, 4.69) is 4.90 Å². The molecule has 4 nitrogen and oxygen atoms in total. The Balaban J connectivity index is 2.00. The van der Waals surface area contributed by atoms with Crippen LogP contribution in [0.1, 0.15) is 24.3 Å². The Morgan fingerprint density at radius 1 is 1.21 bits per heavy atom. The molecular weight excluding hydrogens is 240 g/mol. The molecule has 1 saturated heterocycles. The highest BCUT2D eigenvalue weighted by Gasteiger charge is 2.38. The molecule has 0 aliphatic carbocycles. The summed E-state index contributed by atoms with van der Waals surface area (Å²) >= 11 is 0. The van der Waals surface area contributed by atoms with Gasteiger partial charge in [-0.2, -0.15) is 0 Å². The van der Waals surface area contributed by atoms with Gasteiger partial charge in [-0.1, -0.05) is 30.3 Å². The van der Waals surface area contributed by atoms with E-state index >= 15 is 0 Å². The number of likely N-dealkylation sites (tertiary alicyclic amines) is 1. The predicted molar refractivity (Wildman–Crippen MR) is 73.7 cm³/mol. The zero-order valence-electron chi connectivity index (χ0n) is 11.5. The van der Waals surface area contributed by atoms with Gasteiger partial charge in [-0.25, -0.2) is 0 Å². The van der Waals surface area contributed by atoms with E-state index in [0.29, 0.717) is 13.0 Å². The maximum absolute atomic E-state index is 12.3. The minimum absolute atomic E-state index is 0.0439. The quantitative estimate of drug-likeness (QED) is 0.753. The van der Waals surface area contributed by atoms with Crippen LogP contribution in [0.25, 0.3) is 0 Å². The van der Waals surface area contributed by atoms with Crippen LogP contribution >= 0.6 is 0 Å². The lowest BCUT2D eigenvalue weighted by molar-refractivity contribution is -0.138. The first-order chi connectivity index (χ1) is 9.09. The molecule has 1 unspecified atom stereocenters. The largest absolute Gasteiger partial charge is 0.309 e. The number of nitrogens with zero attached hydrogens (tertiary/aromatic N) is 2. The van der Waals surface area contributed by atoms with E-state index in [0.717, 1.165) is 18.5 Å². The molecule has 0 N–H and O–H groups in total.